The fraction of sp³-hybridized carbons (Fsp3) is 0.917. The highest BCUT2D eigenvalue weighted by Crippen LogP contribution is 2.17. The van der Waals surface area contributed by atoms with E-state index < -0.39 is 0 Å². The van der Waals surface area contributed by atoms with E-state index in [0.29, 0.717) is 12.3 Å². The minimum atomic E-state index is 0.152. The summed E-state index contributed by atoms with van der Waals surface area (Å²) in [4.78, 5) is 13.7. The normalized spacial score (nSPS) is 19.8. The van der Waals surface area contributed by atoms with Crippen LogP contribution in [-0.2, 0) is 9.53 Å². The molecule has 16 heavy (non-hydrogen) atoms. The number of methoxy groups -OCH3 is 1. The molecule has 1 atom stereocenters. The number of ether oxygens (including phenoxy) is 1. The second-order valence-corrected chi connectivity index (χ2v) is 4.59. The van der Waals surface area contributed by atoms with Gasteiger partial charge in [-0.1, -0.05) is 0 Å². The van der Waals surface area contributed by atoms with Crippen LogP contribution in [0.2, 0.25) is 0 Å². The minimum absolute atomic E-state index is 0.152. The Morgan fingerprint density at radius 1 is 1.50 bits per heavy atom. The molecule has 0 aromatic rings. The third-order valence-corrected chi connectivity index (χ3v) is 3.39. The monoisotopic (exact) mass is 229 g/mol. The van der Waals surface area contributed by atoms with Crippen molar-refractivity contribution in [1.82, 2.24) is 4.90 Å². The first-order valence-corrected chi connectivity index (χ1v) is 6.08. The molecule has 0 saturated carbocycles. The summed E-state index contributed by atoms with van der Waals surface area (Å²) in [5.74, 6) is 0.613. The number of carbonyl (C=O) groups excluding carboxylic acids is 1. The molecule has 1 amide bonds. The highest BCUT2D eigenvalue weighted by atomic mass is 16.5. The molecule has 1 N–H and O–H groups in total. The van der Waals surface area contributed by atoms with Crippen LogP contribution in [0.3, 0.4) is 0 Å². The fourth-order valence-corrected chi connectivity index (χ4v) is 1.97. The Labute approximate surface area is 97.6 Å². The van der Waals surface area contributed by atoms with E-state index in [4.69, 9.17) is 9.84 Å². The first kappa shape index (κ1) is 13.5. The molecule has 0 bridgehead atoms. The van der Waals surface area contributed by atoms with Crippen LogP contribution in [0.15, 0.2) is 0 Å². The molecule has 0 radical (unpaired) electrons. The van der Waals surface area contributed by atoms with Crippen LogP contribution in [-0.4, -0.2) is 48.8 Å². The van der Waals surface area contributed by atoms with Gasteiger partial charge in [0.25, 0.3) is 0 Å². The van der Waals surface area contributed by atoms with Crippen LogP contribution in [0.4, 0.5) is 0 Å². The number of aliphatic hydroxyl groups excluding tert-OH is 1. The van der Waals surface area contributed by atoms with Crippen LogP contribution >= 0.6 is 0 Å². The average Bonchev–Trinajstić information content (AvgIpc) is 2.35. The van der Waals surface area contributed by atoms with Gasteiger partial charge in [0.2, 0.25) is 5.91 Å². The molecule has 1 aliphatic rings. The molecule has 1 heterocycles. The molecule has 1 aliphatic heterocycles. The molecule has 1 fully saturated rings. The van der Waals surface area contributed by atoms with Gasteiger partial charge in [-0.15, -0.1) is 0 Å². The van der Waals surface area contributed by atoms with E-state index in [1.54, 1.807) is 7.11 Å². The number of hydrogen-bond donors (Lipinski definition) is 1. The Bertz CT molecular complexity index is 212. The molecule has 94 valence electrons. The topological polar surface area (TPSA) is 49.8 Å². The van der Waals surface area contributed by atoms with Crippen LogP contribution < -0.4 is 0 Å². The number of rotatable bonds is 5. The second-order valence-electron chi connectivity index (χ2n) is 4.59. The number of likely N-dealkylation sites (tertiary alicyclic amines) is 1. The summed E-state index contributed by atoms with van der Waals surface area (Å²) < 4.78 is 5.12. The summed E-state index contributed by atoms with van der Waals surface area (Å²) in [6.45, 7) is 3.82. The average molecular weight is 229 g/mol. The summed E-state index contributed by atoms with van der Waals surface area (Å²) in [6, 6.07) is 0. The van der Waals surface area contributed by atoms with Crippen molar-refractivity contribution < 1.29 is 14.6 Å². The highest BCUT2D eigenvalue weighted by Gasteiger charge is 2.22. The van der Waals surface area contributed by atoms with Gasteiger partial charge in [-0.2, -0.15) is 0 Å². The van der Waals surface area contributed by atoms with Crippen molar-refractivity contribution in [3.63, 3.8) is 0 Å². The van der Waals surface area contributed by atoms with Crippen molar-refractivity contribution in [2.45, 2.75) is 38.7 Å². The summed E-state index contributed by atoms with van der Waals surface area (Å²) in [6.07, 6.45) is 3.37. The van der Waals surface area contributed by atoms with Gasteiger partial charge >= 0.3 is 0 Å². The van der Waals surface area contributed by atoms with Crippen molar-refractivity contribution in [2.24, 2.45) is 5.92 Å². The van der Waals surface area contributed by atoms with Crippen molar-refractivity contribution in [3.05, 3.63) is 0 Å². The zero-order valence-corrected chi connectivity index (χ0v) is 10.3. The molecule has 4 nitrogen and oxygen atoms in total. The molecule has 0 aliphatic carbocycles. The lowest BCUT2D eigenvalue weighted by atomic mass is 9.97. The summed E-state index contributed by atoms with van der Waals surface area (Å²) in [5, 5.41) is 9.00. The smallest absolute Gasteiger partial charge is 0.222 e. The first-order valence-electron chi connectivity index (χ1n) is 6.08. The van der Waals surface area contributed by atoms with Gasteiger partial charge in [-0.05, 0) is 32.1 Å². The van der Waals surface area contributed by atoms with Gasteiger partial charge in [-0.25, -0.2) is 0 Å². The molecule has 0 aromatic heterocycles. The molecule has 0 spiro atoms. The van der Waals surface area contributed by atoms with E-state index in [1.165, 1.54) is 0 Å². The van der Waals surface area contributed by atoms with Gasteiger partial charge < -0.3 is 14.7 Å². The number of carbonyl (C=O) groups is 1. The first-order chi connectivity index (χ1) is 7.67. The molecule has 1 rings (SSSR count). The fourth-order valence-electron chi connectivity index (χ4n) is 1.97. The lowest BCUT2D eigenvalue weighted by molar-refractivity contribution is -0.133. The van der Waals surface area contributed by atoms with Gasteiger partial charge in [0.1, 0.15) is 0 Å². The summed E-state index contributed by atoms with van der Waals surface area (Å²) in [5.41, 5.74) is 0. The quantitative estimate of drug-likeness (QED) is 0.766. The Morgan fingerprint density at radius 3 is 2.62 bits per heavy atom. The number of hydrogen-bond acceptors (Lipinski definition) is 3. The van der Waals surface area contributed by atoms with Crippen LogP contribution in [0.5, 0.6) is 0 Å². The maximum Gasteiger partial charge on any atom is 0.222 e. The molecule has 0 aromatic carbocycles. The standard InChI is InChI=1S/C12H23NO3/c1-10(16-2)3-4-12(15)13-7-5-11(9-14)6-8-13/h10-11,14H,3-9H2,1-2H3. The highest BCUT2D eigenvalue weighted by molar-refractivity contribution is 5.76. The molecule has 1 unspecified atom stereocenters. The minimum Gasteiger partial charge on any atom is -0.396 e. The van der Waals surface area contributed by atoms with E-state index in [0.717, 1.165) is 32.4 Å². The Kier molecular flexibility index (Phi) is 5.77. The number of aliphatic hydroxyl groups is 1. The van der Waals surface area contributed by atoms with Crippen LogP contribution in [0.1, 0.15) is 32.6 Å². The number of piperidine rings is 1. The predicted molar refractivity (Wildman–Crippen MR) is 62.1 cm³/mol. The van der Waals surface area contributed by atoms with E-state index in [9.17, 15) is 4.79 Å². The van der Waals surface area contributed by atoms with Crippen molar-refractivity contribution in [2.75, 3.05) is 26.8 Å². The summed E-state index contributed by atoms with van der Waals surface area (Å²) in [7, 11) is 1.67. The largest absolute Gasteiger partial charge is 0.396 e. The SMILES string of the molecule is COC(C)CCC(=O)N1CCC(CO)CC1. The predicted octanol–water partition coefficient (Wildman–Crippen LogP) is 1.03. The lowest BCUT2D eigenvalue weighted by Crippen LogP contribution is -2.39. The Morgan fingerprint density at radius 2 is 2.12 bits per heavy atom. The zero-order valence-electron chi connectivity index (χ0n) is 10.3. The summed E-state index contributed by atoms with van der Waals surface area (Å²) >= 11 is 0. The molecular weight excluding hydrogens is 206 g/mol. The molecule has 4 heteroatoms. The van der Waals surface area contributed by atoms with Crippen molar-refractivity contribution >= 4 is 5.91 Å². The van der Waals surface area contributed by atoms with Gasteiger partial charge in [0, 0.05) is 33.2 Å². The molecular formula is C12H23NO3. The van der Waals surface area contributed by atoms with Gasteiger partial charge in [0.05, 0.1) is 6.10 Å². The van der Waals surface area contributed by atoms with E-state index in [2.05, 4.69) is 0 Å². The Hall–Kier alpha value is -0.610. The lowest BCUT2D eigenvalue weighted by Gasteiger charge is -2.31. The van der Waals surface area contributed by atoms with Gasteiger partial charge in [0.15, 0.2) is 0 Å². The molecule has 1 saturated heterocycles. The zero-order chi connectivity index (χ0) is 12.0. The van der Waals surface area contributed by atoms with E-state index in [1.807, 2.05) is 11.8 Å². The third kappa shape index (κ3) is 4.10. The number of amides is 1. The number of nitrogens with zero attached hydrogens (tertiary/aromatic N) is 1. The second kappa shape index (κ2) is 6.86. The van der Waals surface area contributed by atoms with Crippen molar-refractivity contribution in [3.8, 4) is 0 Å². The Balaban J connectivity index is 2.22. The third-order valence-electron chi connectivity index (χ3n) is 3.39. The maximum atomic E-state index is 11.8. The van der Waals surface area contributed by atoms with Crippen LogP contribution in [0, 0.1) is 5.92 Å². The van der Waals surface area contributed by atoms with Gasteiger partial charge in [-0.3, -0.25) is 4.79 Å². The van der Waals surface area contributed by atoms with E-state index >= 15 is 0 Å². The van der Waals surface area contributed by atoms with E-state index in [-0.39, 0.29) is 18.6 Å². The van der Waals surface area contributed by atoms with Crippen molar-refractivity contribution in [1.29, 1.82) is 0 Å². The maximum absolute atomic E-state index is 11.8. The van der Waals surface area contributed by atoms with Crippen LogP contribution in [0.25, 0.3) is 0 Å².